The molecular weight excluding hydrogens is 236 g/mol. The molecule has 1 aliphatic carbocycles. The SMILES string of the molecule is CCC1CNC(C)(C2CC2)CN1C(C)C1CCCO1. The molecule has 3 nitrogen and oxygen atoms in total. The highest BCUT2D eigenvalue weighted by molar-refractivity contribution is 5.05. The van der Waals surface area contributed by atoms with Gasteiger partial charge in [0.2, 0.25) is 0 Å². The van der Waals surface area contributed by atoms with Crippen molar-refractivity contribution in [1.82, 2.24) is 10.2 Å². The van der Waals surface area contributed by atoms with E-state index in [0.29, 0.717) is 23.7 Å². The summed E-state index contributed by atoms with van der Waals surface area (Å²) < 4.78 is 5.94. The highest BCUT2D eigenvalue weighted by atomic mass is 16.5. The van der Waals surface area contributed by atoms with Crippen molar-refractivity contribution in [3.63, 3.8) is 0 Å². The number of nitrogens with one attached hydrogen (secondary N) is 1. The molecule has 4 unspecified atom stereocenters. The molecule has 110 valence electrons. The van der Waals surface area contributed by atoms with Crippen LogP contribution in [0.3, 0.4) is 0 Å². The Morgan fingerprint density at radius 2 is 2.16 bits per heavy atom. The van der Waals surface area contributed by atoms with Crippen LogP contribution in [-0.4, -0.2) is 48.3 Å². The van der Waals surface area contributed by atoms with E-state index >= 15 is 0 Å². The van der Waals surface area contributed by atoms with E-state index in [4.69, 9.17) is 4.74 Å². The summed E-state index contributed by atoms with van der Waals surface area (Å²) in [5, 5.41) is 3.85. The van der Waals surface area contributed by atoms with Gasteiger partial charge in [0.25, 0.3) is 0 Å². The predicted octanol–water partition coefficient (Wildman–Crippen LogP) is 2.41. The summed E-state index contributed by atoms with van der Waals surface area (Å²) in [5.74, 6) is 0.907. The lowest BCUT2D eigenvalue weighted by molar-refractivity contribution is -0.0231. The summed E-state index contributed by atoms with van der Waals surface area (Å²) >= 11 is 0. The van der Waals surface area contributed by atoms with Gasteiger partial charge in [0, 0.05) is 37.3 Å². The van der Waals surface area contributed by atoms with Crippen LogP contribution < -0.4 is 5.32 Å². The lowest BCUT2D eigenvalue weighted by Gasteiger charge is -2.50. The van der Waals surface area contributed by atoms with Crippen molar-refractivity contribution in [3.8, 4) is 0 Å². The Morgan fingerprint density at radius 1 is 1.37 bits per heavy atom. The van der Waals surface area contributed by atoms with Crippen LogP contribution in [0.25, 0.3) is 0 Å². The minimum atomic E-state index is 0.346. The second-order valence-electron chi connectivity index (χ2n) is 7.10. The van der Waals surface area contributed by atoms with Gasteiger partial charge in [-0.05, 0) is 51.9 Å². The first-order chi connectivity index (χ1) is 9.14. The second kappa shape index (κ2) is 5.34. The van der Waals surface area contributed by atoms with Crippen molar-refractivity contribution >= 4 is 0 Å². The van der Waals surface area contributed by atoms with Crippen LogP contribution in [0.1, 0.15) is 52.9 Å². The Balaban J connectivity index is 1.70. The molecule has 2 aliphatic heterocycles. The first-order valence-electron chi connectivity index (χ1n) is 8.26. The van der Waals surface area contributed by atoms with Crippen LogP contribution in [0.4, 0.5) is 0 Å². The molecule has 0 spiro atoms. The maximum absolute atomic E-state index is 5.94. The highest BCUT2D eigenvalue weighted by Crippen LogP contribution is 2.42. The minimum absolute atomic E-state index is 0.346. The Kier molecular flexibility index (Phi) is 3.89. The molecule has 0 aromatic carbocycles. The van der Waals surface area contributed by atoms with Crippen molar-refractivity contribution in [2.24, 2.45) is 5.92 Å². The molecule has 2 saturated heterocycles. The van der Waals surface area contributed by atoms with Crippen LogP contribution in [0.15, 0.2) is 0 Å². The maximum atomic E-state index is 5.94. The van der Waals surface area contributed by atoms with Crippen LogP contribution >= 0.6 is 0 Å². The van der Waals surface area contributed by atoms with E-state index in [-0.39, 0.29) is 0 Å². The van der Waals surface area contributed by atoms with E-state index in [1.54, 1.807) is 0 Å². The van der Waals surface area contributed by atoms with E-state index in [0.717, 1.165) is 19.1 Å². The van der Waals surface area contributed by atoms with Gasteiger partial charge >= 0.3 is 0 Å². The fourth-order valence-corrected chi connectivity index (χ4v) is 4.08. The zero-order valence-electron chi connectivity index (χ0n) is 12.8. The number of ether oxygens (including phenoxy) is 1. The van der Waals surface area contributed by atoms with Gasteiger partial charge in [-0.15, -0.1) is 0 Å². The van der Waals surface area contributed by atoms with Crippen LogP contribution in [0.2, 0.25) is 0 Å². The Labute approximate surface area is 118 Å². The van der Waals surface area contributed by atoms with Crippen LogP contribution in [0.5, 0.6) is 0 Å². The zero-order chi connectivity index (χ0) is 13.5. The summed E-state index contributed by atoms with van der Waals surface area (Å²) in [5.41, 5.74) is 0.346. The quantitative estimate of drug-likeness (QED) is 0.845. The van der Waals surface area contributed by atoms with E-state index in [2.05, 4.69) is 31.0 Å². The Hall–Kier alpha value is -0.120. The molecule has 19 heavy (non-hydrogen) atoms. The van der Waals surface area contributed by atoms with Crippen LogP contribution in [-0.2, 0) is 4.74 Å². The molecule has 0 amide bonds. The summed E-state index contributed by atoms with van der Waals surface area (Å²) in [4.78, 5) is 2.75. The molecule has 0 radical (unpaired) electrons. The monoisotopic (exact) mass is 266 g/mol. The van der Waals surface area contributed by atoms with Gasteiger partial charge in [-0.1, -0.05) is 6.92 Å². The first kappa shape index (κ1) is 13.8. The van der Waals surface area contributed by atoms with Crippen molar-refractivity contribution < 1.29 is 4.74 Å². The van der Waals surface area contributed by atoms with Crippen molar-refractivity contribution in [2.75, 3.05) is 19.7 Å². The van der Waals surface area contributed by atoms with Crippen molar-refractivity contribution in [2.45, 2.75) is 76.6 Å². The van der Waals surface area contributed by atoms with Gasteiger partial charge in [-0.25, -0.2) is 0 Å². The largest absolute Gasteiger partial charge is 0.377 e. The number of hydrogen-bond acceptors (Lipinski definition) is 3. The normalized spacial score (nSPS) is 42.5. The molecule has 2 heterocycles. The fraction of sp³-hybridized carbons (Fsp3) is 1.00. The zero-order valence-corrected chi connectivity index (χ0v) is 12.8. The third-order valence-corrected chi connectivity index (χ3v) is 5.70. The summed E-state index contributed by atoms with van der Waals surface area (Å²) in [7, 11) is 0. The number of nitrogens with zero attached hydrogens (tertiary/aromatic N) is 1. The lowest BCUT2D eigenvalue weighted by Crippen LogP contribution is -2.66. The molecule has 1 N–H and O–H groups in total. The summed E-state index contributed by atoms with van der Waals surface area (Å²) in [6, 6.07) is 1.26. The molecule has 3 aliphatic rings. The van der Waals surface area contributed by atoms with E-state index in [9.17, 15) is 0 Å². The average molecular weight is 266 g/mol. The van der Waals surface area contributed by atoms with Gasteiger partial charge in [0.05, 0.1) is 6.10 Å². The molecule has 3 rings (SSSR count). The van der Waals surface area contributed by atoms with Gasteiger partial charge < -0.3 is 10.1 Å². The van der Waals surface area contributed by atoms with E-state index < -0.39 is 0 Å². The standard InChI is InChI=1S/C16H30N2O/c1-4-14-10-17-16(3,13-7-8-13)11-18(14)12(2)15-6-5-9-19-15/h12-15,17H,4-11H2,1-3H3. The fourth-order valence-electron chi connectivity index (χ4n) is 4.08. The van der Waals surface area contributed by atoms with E-state index in [1.807, 2.05) is 0 Å². The smallest absolute Gasteiger partial charge is 0.0728 e. The predicted molar refractivity (Wildman–Crippen MR) is 78.4 cm³/mol. The Bertz CT molecular complexity index is 312. The van der Waals surface area contributed by atoms with Crippen LogP contribution in [0, 0.1) is 5.92 Å². The third kappa shape index (κ3) is 2.70. The number of piperazine rings is 1. The summed E-state index contributed by atoms with van der Waals surface area (Å²) in [6.07, 6.45) is 7.05. The Morgan fingerprint density at radius 3 is 2.74 bits per heavy atom. The summed E-state index contributed by atoms with van der Waals surface area (Å²) in [6.45, 7) is 10.5. The third-order valence-electron chi connectivity index (χ3n) is 5.70. The molecule has 1 saturated carbocycles. The van der Waals surface area contributed by atoms with Gasteiger partial charge in [0.1, 0.15) is 0 Å². The second-order valence-corrected chi connectivity index (χ2v) is 7.10. The molecule has 0 aromatic rings. The average Bonchev–Trinajstić information content (AvgIpc) is 3.15. The molecular formula is C16H30N2O. The molecule has 0 aromatic heterocycles. The van der Waals surface area contributed by atoms with Gasteiger partial charge in [-0.2, -0.15) is 0 Å². The molecule has 3 heteroatoms. The van der Waals surface area contributed by atoms with Crippen molar-refractivity contribution in [3.05, 3.63) is 0 Å². The highest BCUT2D eigenvalue weighted by Gasteiger charge is 2.47. The molecule has 4 atom stereocenters. The maximum Gasteiger partial charge on any atom is 0.0728 e. The minimum Gasteiger partial charge on any atom is -0.377 e. The first-order valence-corrected chi connectivity index (χ1v) is 8.26. The van der Waals surface area contributed by atoms with Crippen molar-refractivity contribution in [1.29, 1.82) is 0 Å². The van der Waals surface area contributed by atoms with E-state index in [1.165, 1.54) is 38.6 Å². The molecule has 3 fully saturated rings. The van der Waals surface area contributed by atoms with Gasteiger partial charge in [0.15, 0.2) is 0 Å². The topological polar surface area (TPSA) is 24.5 Å². The van der Waals surface area contributed by atoms with Gasteiger partial charge in [-0.3, -0.25) is 4.90 Å². The number of hydrogen-bond donors (Lipinski definition) is 1. The lowest BCUT2D eigenvalue weighted by atomic mass is 9.88. The number of rotatable bonds is 4. The molecule has 0 bridgehead atoms.